The Kier molecular flexibility index (Phi) is 4.31. The van der Waals surface area contributed by atoms with Crippen LogP contribution in [-0.4, -0.2) is 13.9 Å². The first-order valence-electron chi connectivity index (χ1n) is 13.1. The zero-order valence-electron chi connectivity index (χ0n) is 20.9. The van der Waals surface area contributed by atoms with Crippen molar-refractivity contribution in [3.05, 3.63) is 194 Å². The van der Waals surface area contributed by atoms with Gasteiger partial charge in [0.2, 0.25) is 0 Å². The number of hydrogen-bond acceptors (Lipinski definition) is 2. The molecule has 6 aromatic rings. The standard InChI is InChI=1S/C34H23N3O2/c38-31-35(26-18-8-3-9-19-26)32(39)37-34(25-16-6-2-7-17-25)29-22-12-10-20-27(29)33(36(31)37,24-14-4-1-5-15-24)28-21-11-13-23-30(28)34/h1-23H. The van der Waals surface area contributed by atoms with E-state index in [2.05, 4.69) is 48.5 Å². The Morgan fingerprint density at radius 2 is 0.692 bits per heavy atom. The number of benzene rings is 5. The molecule has 1 aromatic heterocycles. The molecule has 0 N–H and O–H groups in total. The maximum Gasteiger partial charge on any atom is 0.353 e. The van der Waals surface area contributed by atoms with E-state index >= 15 is 0 Å². The van der Waals surface area contributed by atoms with Gasteiger partial charge in [0.05, 0.1) is 5.69 Å². The van der Waals surface area contributed by atoms with Crippen LogP contribution in [0.1, 0.15) is 33.4 Å². The normalized spacial score (nSPS) is 20.2. The van der Waals surface area contributed by atoms with Gasteiger partial charge in [-0.3, -0.25) is 0 Å². The van der Waals surface area contributed by atoms with Crippen LogP contribution in [0.25, 0.3) is 5.69 Å². The molecule has 1 aliphatic carbocycles. The van der Waals surface area contributed by atoms with E-state index in [1.54, 1.807) is 9.36 Å². The topological polar surface area (TPSA) is 48.9 Å². The van der Waals surface area contributed by atoms with Crippen LogP contribution >= 0.6 is 0 Å². The summed E-state index contributed by atoms with van der Waals surface area (Å²) in [5.74, 6) is 0. The van der Waals surface area contributed by atoms with E-state index in [9.17, 15) is 9.59 Å². The average molecular weight is 506 g/mol. The van der Waals surface area contributed by atoms with Gasteiger partial charge < -0.3 is 0 Å². The summed E-state index contributed by atoms with van der Waals surface area (Å²) >= 11 is 0. The number of nitrogens with zero attached hydrogens (tertiary/aromatic N) is 3. The van der Waals surface area contributed by atoms with E-state index in [1.807, 2.05) is 91.0 Å². The van der Waals surface area contributed by atoms with Gasteiger partial charge in [-0.1, -0.05) is 127 Å². The summed E-state index contributed by atoms with van der Waals surface area (Å²) in [5, 5.41) is 0. The lowest BCUT2D eigenvalue weighted by Crippen LogP contribution is -2.64. The highest BCUT2D eigenvalue weighted by Gasteiger charge is 2.62. The quantitative estimate of drug-likeness (QED) is 0.335. The Labute approximate surface area is 224 Å². The zero-order chi connectivity index (χ0) is 26.2. The minimum atomic E-state index is -1.04. The van der Waals surface area contributed by atoms with E-state index in [0.717, 1.165) is 33.4 Å². The monoisotopic (exact) mass is 505 g/mol. The minimum Gasteiger partial charge on any atom is -0.245 e. The molecular formula is C34H23N3O2. The minimum absolute atomic E-state index is 0.376. The Balaban J connectivity index is 1.69. The van der Waals surface area contributed by atoms with Gasteiger partial charge in [-0.25, -0.2) is 23.5 Å². The predicted octanol–water partition coefficient (Wildman–Crippen LogP) is 5.11. The fourth-order valence-corrected chi connectivity index (χ4v) is 7.03. The lowest BCUT2D eigenvalue weighted by molar-refractivity contribution is 0.230. The molecule has 0 fully saturated rings. The molecule has 9 rings (SSSR count). The average Bonchev–Trinajstić information content (AvgIpc) is 3.29. The first kappa shape index (κ1) is 21.9. The fourth-order valence-electron chi connectivity index (χ4n) is 7.03. The molecule has 3 aliphatic rings. The molecule has 0 unspecified atom stereocenters. The second-order valence-corrected chi connectivity index (χ2v) is 10.1. The van der Waals surface area contributed by atoms with Crippen LogP contribution in [0.2, 0.25) is 0 Å². The molecule has 3 heterocycles. The molecule has 0 amide bonds. The molecule has 0 saturated carbocycles. The highest BCUT2D eigenvalue weighted by molar-refractivity contribution is 5.70. The summed E-state index contributed by atoms with van der Waals surface area (Å²) in [6.07, 6.45) is 0. The molecule has 2 aliphatic heterocycles. The van der Waals surface area contributed by atoms with Crippen molar-refractivity contribution in [2.75, 3.05) is 0 Å². The van der Waals surface area contributed by atoms with Crippen LogP contribution in [0.3, 0.4) is 0 Å². The van der Waals surface area contributed by atoms with E-state index in [-0.39, 0.29) is 11.4 Å². The summed E-state index contributed by atoms with van der Waals surface area (Å²) in [5.41, 5.74) is 3.52. The van der Waals surface area contributed by atoms with E-state index in [1.165, 1.54) is 4.57 Å². The Hall–Kier alpha value is -5.16. The molecule has 2 bridgehead atoms. The van der Waals surface area contributed by atoms with Gasteiger partial charge >= 0.3 is 11.4 Å². The second kappa shape index (κ2) is 7.68. The smallest absolute Gasteiger partial charge is 0.245 e. The van der Waals surface area contributed by atoms with Gasteiger partial charge in [0.15, 0.2) is 0 Å². The first-order valence-corrected chi connectivity index (χ1v) is 13.1. The largest absolute Gasteiger partial charge is 0.353 e. The second-order valence-electron chi connectivity index (χ2n) is 10.1. The van der Waals surface area contributed by atoms with Crippen LogP contribution in [0, 0.1) is 0 Å². The molecule has 0 radical (unpaired) electrons. The van der Waals surface area contributed by atoms with Crippen molar-refractivity contribution < 1.29 is 0 Å². The summed E-state index contributed by atoms with van der Waals surface area (Å²) < 4.78 is 4.75. The number of para-hydroxylation sites is 1. The first-order chi connectivity index (χ1) is 19.2. The Bertz CT molecular complexity index is 1830. The van der Waals surface area contributed by atoms with Crippen molar-refractivity contribution in [3.8, 4) is 5.69 Å². The molecular weight excluding hydrogens is 482 g/mol. The number of aromatic nitrogens is 3. The highest BCUT2D eigenvalue weighted by atomic mass is 16.2. The third-order valence-corrected chi connectivity index (χ3v) is 8.39. The summed E-state index contributed by atoms with van der Waals surface area (Å²) in [4.78, 5) is 29.4. The van der Waals surface area contributed by atoms with Crippen LogP contribution in [-0.2, 0) is 11.1 Å². The van der Waals surface area contributed by atoms with Crippen molar-refractivity contribution in [1.82, 2.24) is 13.9 Å². The highest BCUT2D eigenvalue weighted by Crippen LogP contribution is 2.59. The Morgan fingerprint density at radius 1 is 0.385 bits per heavy atom. The van der Waals surface area contributed by atoms with Crippen molar-refractivity contribution in [2.24, 2.45) is 0 Å². The molecule has 0 saturated heterocycles. The van der Waals surface area contributed by atoms with E-state index in [4.69, 9.17) is 0 Å². The van der Waals surface area contributed by atoms with Crippen molar-refractivity contribution in [1.29, 1.82) is 0 Å². The van der Waals surface area contributed by atoms with Crippen LogP contribution in [0.15, 0.2) is 149 Å². The lowest BCUT2D eigenvalue weighted by atomic mass is 9.59. The van der Waals surface area contributed by atoms with Crippen LogP contribution < -0.4 is 11.4 Å². The molecule has 5 heteroatoms. The number of hydrogen-bond donors (Lipinski definition) is 0. The predicted molar refractivity (Wildman–Crippen MR) is 151 cm³/mol. The molecule has 39 heavy (non-hydrogen) atoms. The maximum absolute atomic E-state index is 14.7. The van der Waals surface area contributed by atoms with Gasteiger partial charge in [0, 0.05) is 0 Å². The van der Waals surface area contributed by atoms with Gasteiger partial charge in [-0.2, -0.15) is 0 Å². The molecule has 0 atom stereocenters. The summed E-state index contributed by atoms with van der Waals surface area (Å²) in [6.45, 7) is 0. The fraction of sp³-hybridized carbons (Fsp3) is 0.0588. The number of rotatable bonds is 3. The van der Waals surface area contributed by atoms with Gasteiger partial charge in [-0.15, -0.1) is 0 Å². The van der Waals surface area contributed by atoms with Crippen molar-refractivity contribution in [3.63, 3.8) is 0 Å². The van der Waals surface area contributed by atoms with E-state index in [0.29, 0.717) is 5.69 Å². The maximum atomic E-state index is 14.7. The van der Waals surface area contributed by atoms with Gasteiger partial charge in [0.1, 0.15) is 11.1 Å². The van der Waals surface area contributed by atoms with Gasteiger partial charge in [0.25, 0.3) is 0 Å². The lowest BCUT2D eigenvalue weighted by Gasteiger charge is -2.56. The van der Waals surface area contributed by atoms with Gasteiger partial charge in [-0.05, 0) is 45.5 Å². The van der Waals surface area contributed by atoms with Crippen LogP contribution in [0.4, 0.5) is 0 Å². The molecule has 186 valence electrons. The molecule has 0 spiro atoms. The third-order valence-electron chi connectivity index (χ3n) is 8.39. The zero-order valence-corrected chi connectivity index (χ0v) is 20.9. The molecule has 5 aromatic carbocycles. The third kappa shape index (κ3) is 2.45. The van der Waals surface area contributed by atoms with Crippen molar-refractivity contribution in [2.45, 2.75) is 11.1 Å². The summed E-state index contributed by atoms with van der Waals surface area (Å²) in [6, 6.07) is 45.8. The SMILES string of the molecule is O=c1n(-c2ccccc2)c(=O)n2n1C1(c3ccccc3)c3ccccc3C2(c2ccccc2)c2ccccc21. The summed E-state index contributed by atoms with van der Waals surface area (Å²) in [7, 11) is 0. The Morgan fingerprint density at radius 3 is 1.05 bits per heavy atom. The van der Waals surface area contributed by atoms with E-state index < -0.39 is 11.1 Å². The van der Waals surface area contributed by atoms with Crippen LogP contribution in [0.5, 0.6) is 0 Å². The van der Waals surface area contributed by atoms with Crippen molar-refractivity contribution >= 4 is 0 Å². The molecule has 5 nitrogen and oxygen atoms in total.